The van der Waals surface area contributed by atoms with Crippen molar-refractivity contribution in [1.82, 2.24) is 23.8 Å². The summed E-state index contributed by atoms with van der Waals surface area (Å²) in [5.74, 6) is 1.30. The van der Waals surface area contributed by atoms with Gasteiger partial charge in [-0.05, 0) is 30.9 Å². The van der Waals surface area contributed by atoms with E-state index in [2.05, 4.69) is 5.10 Å². The average Bonchev–Trinajstić information content (AvgIpc) is 3.29. The van der Waals surface area contributed by atoms with Crippen molar-refractivity contribution in [1.29, 1.82) is 0 Å². The van der Waals surface area contributed by atoms with Crippen LogP contribution in [0.3, 0.4) is 0 Å². The zero-order chi connectivity index (χ0) is 18.7. The molecule has 1 amide bonds. The van der Waals surface area contributed by atoms with E-state index in [1.807, 2.05) is 34.8 Å². The molecule has 0 aromatic carbocycles. The molecule has 0 spiro atoms. The van der Waals surface area contributed by atoms with Gasteiger partial charge in [0.1, 0.15) is 11.5 Å². The topological polar surface area (TPSA) is 82.1 Å². The van der Waals surface area contributed by atoms with Crippen LogP contribution in [0.15, 0.2) is 27.9 Å². The van der Waals surface area contributed by atoms with Gasteiger partial charge >= 0.3 is 11.1 Å². The highest BCUT2D eigenvalue weighted by molar-refractivity contribution is 5.93. The molecular formula is C19H23N5O3. The van der Waals surface area contributed by atoms with Crippen LogP contribution in [-0.4, -0.2) is 42.8 Å². The Hall–Kier alpha value is -2.64. The van der Waals surface area contributed by atoms with Crippen molar-refractivity contribution in [3.05, 3.63) is 50.6 Å². The molecule has 8 nitrogen and oxygen atoms in total. The molecule has 0 N–H and O–H groups in total. The first-order valence-corrected chi connectivity index (χ1v) is 9.65. The monoisotopic (exact) mass is 369 g/mol. The van der Waals surface area contributed by atoms with Crippen LogP contribution in [0.1, 0.15) is 41.5 Å². The number of nitrogens with zero attached hydrogens (tertiary/aromatic N) is 5. The molecule has 1 aliphatic carbocycles. The molecule has 2 aromatic rings. The fourth-order valence-corrected chi connectivity index (χ4v) is 4.64. The van der Waals surface area contributed by atoms with Crippen molar-refractivity contribution in [2.45, 2.75) is 38.3 Å². The molecule has 8 heteroatoms. The first kappa shape index (κ1) is 16.5. The molecule has 2 aliphatic heterocycles. The van der Waals surface area contributed by atoms with Crippen molar-refractivity contribution >= 4 is 5.91 Å². The van der Waals surface area contributed by atoms with Gasteiger partial charge in [0.15, 0.2) is 0 Å². The Bertz CT molecular complexity index is 1030. The van der Waals surface area contributed by atoms with Crippen molar-refractivity contribution < 1.29 is 4.79 Å². The fourth-order valence-electron chi connectivity index (χ4n) is 4.64. The van der Waals surface area contributed by atoms with Gasteiger partial charge < -0.3 is 9.47 Å². The van der Waals surface area contributed by atoms with Crippen LogP contribution in [-0.2, 0) is 20.1 Å². The van der Waals surface area contributed by atoms with Crippen LogP contribution in [0, 0.1) is 11.8 Å². The lowest BCUT2D eigenvalue weighted by Crippen LogP contribution is -2.45. The third kappa shape index (κ3) is 2.49. The van der Waals surface area contributed by atoms with Crippen LogP contribution >= 0.6 is 0 Å². The minimum atomic E-state index is -0.512. The van der Waals surface area contributed by atoms with Crippen molar-refractivity contribution in [2.24, 2.45) is 18.9 Å². The second kappa shape index (κ2) is 5.94. The summed E-state index contributed by atoms with van der Waals surface area (Å²) in [7, 11) is 1.86. The molecule has 2 aromatic heterocycles. The summed E-state index contributed by atoms with van der Waals surface area (Å²) in [5, 5.41) is 4.58. The van der Waals surface area contributed by atoms with Gasteiger partial charge in [-0.2, -0.15) is 5.10 Å². The summed E-state index contributed by atoms with van der Waals surface area (Å²) in [5.41, 5.74) is -0.313. The second-order valence-corrected chi connectivity index (χ2v) is 8.14. The minimum Gasteiger partial charge on any atom is -0.347 e. The van der Waals surface area contributed by atoms with Crippen molar-refractivity contribution in [3.8, 4) is 0 Å². The van der Waals surface area contributed by atoms with Gasteiger partial charge in [0.2, 0.25) is 0 Å². The van der Waals surface area contributed by atoms with Gasteiger partial charge in [0.25, 0.3) is 5.91 Å². The predicted octanol–water partition coefficient (Wildman–Crippen LogP) is 0.413. The van der Waals surface area contributed by atoms with E-state index in [9.17, 15) is 14.4 Å². The zero-order valence-electron chi connectivity index (χ0n) is 15.4. The van der Waals surface area contributed by atoms with Crippen LogP contribution in [0.2, 0.25) is 0 Å². The van der Waals surface area contributed by atoms with E-state index in [-0.39, 0.29) is 17.7 Å². The molecule has 2 atom stereocenters. The lowest BCUT2D eigenvalue weighted by molar-refractivity contribution is 0.0773. The van der Waals surface area contributed by atoms with Crippen LogP contribution in [0.4, 0.5) is 0 Å². The number of aromatic nitrogens is 4. The van der Waals surface area contributed by atoms with E-state index in [4.69, 9.17) is 0 Å². The molecule has 1 saturated heterocycles. The lowest BCUT2D eigenvalue weighted by atomic mass is 9.85. The molecule has 4 heterocycles. The van der Waals surface area contributed by atoms with Gasteiger partial charge in [-0.1, -0.05) is 6.42 Å². The van der Waals surface area contributed by atoms with E-state index in [1.165, 1.54) is 11.1 Å². The number of hydrogen-bond donors (Lipinski definition) is 0. The van der Waals surface area contributed by atoms with Crippen molar-refractivity contribution in [2.75, 3.05) is 13.1 Å². The zero-order valence-corrected chi connectivity index (χ0v) is 15.4. The summed E-state index contributed by atoms with van der Waals surface area (Å²) in [6.45, 7) is 2.14. The highest BCUT2D eigenvalue weighted by Crippen LogP contribution is 2.37. The maximum absolute atomic E-state index is 12.8. The number of likely N-dealkylation sites (tertiary alicyclic amines) is 1. The number of amides is 1. The van der Waals surface area contributed by atoms with Gasteiger partial charge in [-0.15, -0.1) is 0 Å². The molecule has 2 fully saturated rings. The third-order valence-electron chi connectivity index (χ3n) is 6.46. The molecular weight excluding hydrogens is 346 g/mol. The number of carbonyl (C=O) groups excluding carboxylic acids is 1. The normalized spacial score (nSPS) is 24.0. The predicted molar refractivity (Wildman–Crippen MR) is 97.6 cm³/mol. The molecule has 5 rings (SSSR count). The Morgan fingerprint density at radius 2 is 2.00 bits per heavy atom. The number of fused-ring (bicyclic) bond motifs is 3. The quantitative estimate of drug-likeness (QED) is 0.734. The van der Waals surface area contributed by atoms with Crippen molar-refractivity contribution in [3.63, 3.8) is 0 Å². The average molecular weight is 369 g/mol. The molecule has 2 unspecified atom stereocenters. The second-order valence-electron chi connectivity index (χ2n) is 8.14. The number of aryl methyl sites for hydroxylation is 1. The number of carbonyl (C=O) groups is 1. The Kier molecular flexibility index (Phi) is 3.63. The Morgan fingerprint density at radius 3 is 2.67 bits per heavy atom. The summed E-state index contributed by atoms with van der Waals surface area (Å²) in [6.07, 6.45) is 5.24. The molecule has 0 radical (unpaired) electrons. The first-order valence-electron chi connectivity index (χ1n) is 9.65. The molecule has 3 aliphatic rings. The van der Waals surface area contributed by atoms with Gasteiger partial charge in [-0.25, -0.2) is 4.68 Å². The molecule has 1 saturated carbocycles. The number of rotatable bonds is 3. The van der Waals surface area contributed by atoms with E-state index in [0.717, 1.165) is 12.8 Å². The largest absolute Gasteiger partial charge is 0.347 e. The summed E-state index contributed by atoms with van der Waals surface area (Å²) < 4.78 is 4.74. The summed E-state index contributed by atoms with van der Waals surface area (Å²) >= 11 is 0. The standard InChI is InChI=1S/C19H23N5O3/c1-21-7-3-6-15(21)17(25)22-9-13-10-23-16(14(13)11-22)20-24(19(27)18(23)26)8-12-4-2-5-12/h3,6-7,12-14H,2,4-5,8-11H2,1H3. The molecule has 0 bridgehead atoms. The van der Waals surface area contributed by atoms with Gasteiger partial charge in [-0.3, -0.25) is 19.0 Å². The Labute approximate surface area is 156 Å². The SMILES string of the molecule is Cn1cccc1C(=O)N1CC2Cn3c(nn(CC4CCC4)c(=O)c3=O)C2C1. The summed E-state index contributed by atoms with van der Waals surface area (Å²) in [4.78, 5) is 39.6. The van der Waals surface area contributed by atoms with E-state index < -0.39 is 11.1 Å². The summed E-state index contributed by atoms with van der Waals surface area (Å²) in [6, 6.07) is 3.68. The smallest absolute Gasteiger partial charge is 0.332 e. The van der Waals surface area contributed by atoms with Crippen LogP contribution in [0.25, 0.3) is 0 Å². The molecule has 27 heavy (non-hydrogen) atoms. The first-order chi connectivity index (χ1) is 13.0. The molecule has 142 valence electrons. The lowest BCUT2D eigenvalue weighted by Gasteiger charge is -2.25. The maximum atomic E-state index is 12.8. The van der Waals surface area contributed by atoms with E-state index in [0.29, 0.717) is 43.6 Å². The van der Waals surface area contributed by atoms with Crippen LogP contribution < -0.4 is 11.1 Å². The minimum absolute atomic E-state index is 0.00795. The van der Waals surface area contributed by atoms with Crippen LogP contribution in [0.5, 0.6) is 0 Å². The highest BCUT2D eigenvalue weighted by atomic mass is 16.2. The Balaban J connectivity index is 1.44. The third-order valence-corrected chi connectivity index (χ3v) is 6.46. The van der Waals surface area contributed by atoms with Gasteiger partial charge in [0.05, 0.1) is 0 Å². The van der Waals surface area contributed by atoms with Gasteiger partial charge in [0, 0.05) is 51.3 Å². The maximum Gasteiger partial charge on any atom is 0.332 e. The van der Waals surface area contributed by atoms with E-state index >= 15 is 0 Å². The van der Waals surface area contributed by atoms with E-state index in [1.54, 1.807) is 4.57 Å². The highest BCUT2D eigenvalue weighted by Gasteiger charge is 2.44. The fraction of sp³-hybridized carbons (Fsp3) is 0.579. The number of hydrogen-bond acceptors (Lipinski definition) is 4. The Morgan fingerprint density at radius 1 is 1.19 bits per heavy atom.